The van der Waals surface area contributed by atoms with Crippen molar-refractivity contribution in [2.45, 2.75) is 19.4 Å². The van der Waals surface area contributed by atoms with Crippen molar-refractivity contribution >= 4 is 0 Å². The first kappa shape index (κ1) is 15.5. The summed E-state index contributed by atoms with van der Waals surface area (Å²) in [7, 11) is 1.64. The molecule has 2 aromatic rings. The average molecular weight is 286 g/mol. The van der Waals surface area contributed by atoms with Gasteiger partial charge in [0, 0.05) is 12.7 Å². The smallest absolute Gasteiger partial charge is 0.125 e. The minimum absolute atomic E-state index is 0.456. The molecule has 0 bridgehead atoms. The van der Waals surface area contributed by atoms with E-state index in [2.05, 4.69) is 0 Å². The van der Waals surface area contributed by atoms with E-state index in [0.717, 1.165) is 16.7 Å². The summed E-state index contributed by atoms with van der Waals surface area (Å²) in [5, 5.41) is 11.1. The quantitative estimate of drug-likeness (QED) is 0.828. The molecular formula is C18H22O3. The number of hydrogen-bond donors (Lipinski definition) is 1. The van der Waals surface area contributed by atoms with Crippen LogP contribution in [0.15, 0.2) is 48.5 Å². The van der Waals surface area contributed by atoms with E-state index in [1.807, 2.05) is 55.5 Å². The summed E-state index contributed by atoms with van der Waals surface area (Å²) in [4.78, 5) is 0. The van der Waals surface area contributed by atoms with Crippen LogP contribution in [-0.2, 0) is 10.3 Å². The third kappa shape index (κ3) is 3.43. The molecule has 0 amide bonds. The van der Waals surface area contributed by atoms with Gasteiger partial charge in [0.05, 0.1) is 6.61 Å². The molecule has 1 N–H and O–H groups in total. The number of aliphatic hydroxyl groups is 1. The lowest BCUT2D eigenvalue weighted by Crippen LogP contribution is -2.25. The lowest BCUT2D eigenvalue weighted by atomic mass is 9.85. The van der Waals surface area contributed by atoms with Crippen molar-refractivity contribution in [3.63, 3.8) is 0 Å². The zero-order valence-electron chi connectivity index (χ0n) is 12.8. The molecule has 1 unspecified atom stereocenters. The van der Waals surface area contributed by atoms with E-state index in [4.69, 9.17) is 9.47 Å². The van der Waals surface area contributed by atoms with Crippen LogP contribution >= 0.6 is 0 Å². The SMILES string of the molecule is COCCOc1ccccc1C(C)(O)c1ccccc1C. The second-order valence-electron chi connectivity index (χ2n) is 5.22. The van der Waals surface area contributed by atoms with Crippen LogP contribution in [0.3, 0.4) is 0 Å². The Morgan fingerprint density at radius 3 is 2.24 bits per heavy atom. The average Bonchev–Trinajstić information content (AvgIpc) is 2.48. The van der Waals surface area contributed by atoms with Gasteiger partial charge < -0.3 is 14.6 Å². The normalized spacial score (nSPS) is 13.7. The Balaban J connectivity index is 2.38. The molecule has 0 radical (unpaired) electrons. The Labute approximate surface area is 126 Å². The van der Waals surface area contributed by atoms with Gasteiger partial charge in [-0.2, -0.15) is 0 Å². The van der Waals surface area contributed by atoms with Crippen molar-refractivity contribution < 1.29 is 14.6 Å². The van der Waals surface area contributed by atoms with Crippen molar-refractivity contribution in [1.82, 2.24) is 0 Å². The predicted molar refractivity (Wildman–Crippen MR) is 83.7 cm³/mol. The standard InChI is InChI=1S/C18H22O3/c1-14-8-4-5-9-15(14)18(2,19)16-10-6-7-11-17(16)21-13-12-20-3/h4-11,19H,12-13H2,1-3H3. The van der Waals surface area contributed by atoms with Gasteiger partial charge in [-0.15, -0.1) is 0 Å². The minimum atomic E-state index is -1.10. The Hall–Kier alpha value is -1.84. The van der Waals surface area contributed by atoms with Gasteiger partial charge in [-0.3, -0.25) is 0 Å². The van der Waals surface area contributed by atoms with Crippen LogP contribution in [0.5, 0.6) is 5.75 Å². The molecule has 0 saturated heterocycles. The third-order valence-electron chi connectivity index (χ3n) is 3.63. The molecule has 0 aliphatic heterocycles. The van der Waals surface area contributed by atoms with Crippen molar-refractivity contribution in [1.29, 1.82) is 0 Å². The highest BCUT2D eigenvalue weighted by Crippen LogP contribution is 2.36. The molecular weight excluding hydrogens is 264 g/mol. The number of aryl methyl sites for hydroxylation is 1. The van der Waals surface area contributed by atoms with Crippen LogP contribution < -0.4 is 4.74 Å². The second kappa shape index (κ2) is 6.74. The number of methoxy groups -OCH3 is 1. The maximum absolute atomic E-state index is 11.1. The van der Waals surface area contributed by atoms with E-state index in [1.54, 1.807) is 14.0 Å². The van der Waals surface area contributed by atoms with E-state index in [-0.39, 0.29) is 0 Å². The van der Waals surface area contributed by atoms with Crippen molar-refractivity contribution in [3.8, 4) is 5.75 Å². The lowest BCUT2D eigenvalue weighted by Gasteiger charge is -2.28. The summed E-state index contributed by atoms with van der Waals surface area (Å²) in [5.41, 5.74) is 1.59. The fourth-order valence-corrected chi connectivity index (χ4v) is 2.49. The molecule has 2 aromatic carbocycles. The molecule has 0 aliphatic rings. The van der Waals surface area contributed by atoms with Gasteiger partial charge in [-0.1, -0.05) is 42.5 Å². The fourth-order valence-electron chi connectivity index (χ4n) is 2.49. The molecule has 0 heterocycles. The molecule has 0 fully saturated rings. The molecule has 3 heteroatoms. The summed E-state index contributed by atoms with van der Waals surface area (Å²) in [6, 6.07) is 15.4. The molecule has 21 heavy (non-hydrogen) atoms. The summed E-state index contributed by atoms with van der Waals surface area (Å²) in [6.07, 6.45) is 0. The first-order valence-corrected chi connectivity index (χ1v) is 7.07. The molecule has 1 atom stereocenters. The molecule has 0 saturated carbocycles. The first-order chi connectivity index (χ1) is 10.1. The largest absolute Gasteiger partial charge is 0.491 e. The Kier molecular flexibility index (Phi) is 4.99. The number of hydrogen-bond acceptors (Lipinski definition) is 3. The zero-order valence-corrected chi connectivity index (χ0v) is 12.8. The van der Waals surface area contributed by atoms with E-state index in [9.17, 15) is 5.11 Å². The van der Waals surface area contributed by atoms with Gasteiger partial charge in [0.2, 0.25) is 0 Å². The maximum atomic E-state index is 11.1. The molecule has 112 valence electrons. The van der Waals surface area contributed by atoms with Crippen LogP contribution in [0, 0.1) is 6.92 Å². The van der Waals surface area contributed by atoms with Crippen LogP contribution in [-0.4, -0.2) is 25.4 Å². The van der Waals surface area contributed by atoms with E-state index < -0.39 is 5.60 Å². The summed E-state index contributed by atoms with van der Waals surface area (Å²) < 4.78 is 10.7. The second-order valence-corrected chi connectivity index (χ2v) is 5.22. The Bertz CT molecular complexity index is 591. The van der Waals surface area contributed by atoms with Crippen LogP contribution in [0.25, 0.3) is 0 Å². The van der Waals surface area contributed by atoms with Crippen molar-refractivity contribution in [2.24, 2.45) is 0 Å². The highest BCUT2D eigenvalue weighted by molar-refractivity contribution is 5.46. The van der Waals surface area contributed by atoms with Crippen LogP contribution in [0.4, 0.5) is 0 Å². The maximum Gasteiger partial charge on any atom is 0.125 e. The van der Waals surface area contributed by atoms with Gasteiger partial charge in [0.15, 0.2) is 0 Å². The van der Waals surface area contributed by atoms with Gasteiger partial charge in [-0.05, 0) is 31.0 Å². The predicted octanol–water partition coefficient (Wildman–Crippen LogP) is 3.28. The Morgan fingerprint density at radius 2 is 1.57 bits per heavy atom. The fraction of sp³-hybridized carbons (Fsp3) is 0.333. The monoisotopic (exact) mass is 286 g/mol. The molecule has 0 spiro atoms. The van der Waals surface area contributed by atoms with Crippen molar-refractivity contribution in [3.05, 3.63) is 65.2 Å². The van der Waals surface area contributed by atoms with Gasteiger partial charge in [-0.25, -0.2) is 0 Å². The Morgan fingerprint density at radius 1 is 0.952 bits per heavy atom. The molecule has 2 rings (SSSR count). The van der Waals surface area contributed by atoms with Gasteiger partial charge in [0.1, 0.15) is 18.0 Å². The number of ether oxygens (including phenoxy) is 2. The van der Waals surface area contributed by atoms with Crippen LogP contribution in [0.1, 0.15) is 23.6 Å². The summed E-state index contributed by atoms with van der Waals surface area (Å²) in [6.45, 7) is 4.77. The molecule has 0 aromatic heterocycles. The van der Waals surface area contributed by atoms with E-state index >= 15 is 0 Å². The summed E-state index contributed by atoms with van der Waals surface area (Å²) >= 11 is 0. The number of benzene rings is 2. The number of para-hydroxylation sites is 1. The highest BCUT2D eigenvalue weighted by atomic mass is 16.5. The molecule has 3 nitrogen and oxygen atoms in total. The van der Waals surface area contributed by atoms with E-state index in [1.165, 1.54) is 0 Å². The topological polar surface area (TPSA) is 38.7 Å². The third-order valence-corrected chi connectivity index (χ3v) is 3.63. The first-order valence-electron chi connectivity index (χ1n) is 7.07. The summed E-state index contributed by atoms with van der Waals surface area (Å²) in [5.74, 6) is 0.683. The van der Waals surface area contributed by atoms with Gasteiger partial charge >= 0.3 is 0 Å². The van der Waals surface area contributed by atoms with Gasteiger partial charge in [0.25, 0.3) is 0 Å². The van der Waals surface area contributed by atoms with E-state index in [0.29, 0.717) is 19.0 Å². The number of rotatable bonds is 6. The van der Waals surface area contributed by atoms with Crippen LogP contribution in [0.2, 0.25) is 0 Å². The van der Waals surface area contributed by atoms with Crippen molar-refractivity contribution in [2.75, 3.05) is 20.3 Å². The molecule has 0 aliphatic carbocycles. The zero-order chi connectivity index (χ0) is 15.3. The highest BCUT2D eigenvalue weighted by Gasteiger charge is 2.30. The minimum Gasteiger partial charge on any atom is -0.491 e. The lowest BCUT2D eigenvalue weighted by molar-refractivity contribution is 0.0937.